The average molecular weight is 293 g/mol. The number of rotatable bonds is 2. The fourth-order valence-electron chi connectivity index (χ4n) is 2.21. The van der Waals surface area contributed by atoms with Crippen molar-refractivity contribution in [3.05, 3.63) is 59.4 Å². The van der Waals surface area contributed by atoms with Gasteiger partial charge in [0.15, 0.2) is 5.82 Å². The molecule has 3 aromatic rings. The number of fused-ring (bicyclic) bond motifs is 1. The summed E-state index contributed by atoms with van der Waals surface area (Å²) in [6.45, 7) is 1.69. The summed E-state index contributed by atoms with van der Waals surface area (Å²) < 4.78 is 29.2. The first-order valence-electron chi connectivity index (χ1n) is 6.10. The first kappa shape index (κ1) is 13.1. The number of aromatic nitrogens is 2. The second-order valence-electron chi connectivity index (χ2n) is 4.54. The van der Waals surface area contributed by atoms with E-state index in [1.54, 1.807) is 35.8 Å². The van der Waals surface area contributed by atoms with Crippen molar-refractivity contribution in [1.29, 1.82) is 0 Å². The van der Waals surface area contributed by atoms with Crippen molar-refractivity contribution < 1.29 is 8.78 Å². The lowest BCUT2D eigenvalue weighted by molar-refractivity contribution is 0.617. The van der Waals surface area contributed by atoms with Crippen LogP contribution >= 0.6 is 11.6 Å². The van der Waals surface area contributed by atoms with E-state index in [1.807, 2.05) is 0 Å². The molecular weight excluding hydrogens is 282 g/mol. The summed E-state index contributed by atoms with van der Waals surface area (Å²) in [5.41, 5.74) is 1.95. The molecule has 5 heteroatoms. The molecule has 0 aliphatic carbocycles. The lowest BCUT2D eigenvalue weighted by atomic mass is 10.2. The third kappa shape index (κ3) is 1.96. The zero-order chi connectivity index (χ0) is 14.3. The maximum Gasteiger partial charge on any atom is 0.151 e. The minimum atomic E-state index is -0.416. The van der Waals surface area contributed by atoms with E-state index < -0.39 is 5.82 Å². The van der Waals surface area contributed by atoms with Gasteiger partial charge in [0.2, 0.25) is 0 Å². The van der Waals surface area contributed by atoms with Crippen LogP contribution < -0.4 is 0 Å². The molecule has 1 heterocycles. The molecule has 0 unspecified atom stereocenters. The largest absolute Gasteiger partial charge is 0.295 e. The lowest BCUT2D eigenvalue weighted by Crippen LogP contribution is -2.00. The van der Waals surface area contributed by atoms with Crippen LogP contribution in [0.2, 0.25) is 0 Å². The number of para-hydroxylation sites is 1. The number of benzene rings is 2. The molecule has 1 aromatic heterocycles. The molecule has 2 nitrogen and oxygen atoms in total. The number of imidazole rings is 1. The fraction of sp³-hybridized carbons (Fsp3) is 0.133. The monoisotopic (exact) mass is 292 g/mol. The molecule has 20 heavy (non-hydrogen) atoms. The Labute approximate surface area is 119 Å². The zero-order valence-corrected chi connectivity index (χ0v) is 11.5. The van der Waals surface area contributed by atoms with Crippen LogP contribution in [-0.4, -0.2) is 9.55 Å². The van der Waals surface area contributed by atoms with E-state index in [0.717, 1.165) is 0 Å². The molecule has 0 radical (unpaired) electrons. The van der Waals surface area contributed by atoms with Crippen LogP contribution in [0.25, 0.3) is 16.7 Å². The van der Waals surface area contributed by atoms with Gasteiger partial charge in [0, 0.05) is 0 Å². The molecule has 3 rings (SSSR count). The number of alkyl halides is 1. The molecule has 0 spiro atoms. The number of nitrogens with zero attached hydrogens (tertiary/aromatic N) is 2. The number of halogens is 3. The van der Waals surface area contributed by atoms with Crippen LogP contribution in [0.4, 0.5) is 8.78 Å². The van der Waals surface area contributed by atoms with Crippen LogP contribution in [0.5, 0.6) is 0 Å². The fourth-order valence-corrected chi connectivity index (χ4v) is 2.39. The molecule has 2 aromatic carbocycles. The molecule has 0 fully saturated rings. The third-order valence-electron chi connectivity index (χ3n) is 3.24. The van der Waals surface area contributed by atoms with E-state index in [9.17, 15) is 8.78 Å². The standard InChI is InChI=1S/C15H11ClF2N2/c1-9-5-6-10(7-12(9)18)20-13-4-2-3-11(17)15(13)19-14(20)8-16/h2-7H,8H2,1H3. The van der Waals surface area contributed by atoms with Gasteiger partial charge in [-0.3, -0.25) is 4.57 Å². The van der Waals surface area contributed by atoms with Crippen LogP contribution in [0.3, 0.4) is 0 Å². The summed E-state index contributed by atoms with van der Waals surface area (Å²) in [6, 6.07) is 9.51. The molecule has 0 amide bonds. The summed E-state index contributed by atoms with van der Waals surface area (Å²) in [6.07, 6.45) is 0. The zero-order valence-electron chi connectivity index (χ0n) is 10.7. The van der Waals surface area contributed by atoms with Crippen molar-refractivity contribution in [3.8, 4) is 5.69 Å². The van der Waals surface area contributed by atoms with Gasteiger partial charge in [-0.25, -0.2) is 13.8 Å². The molecule has 0 bridgehead atoms. The van der Waals surface area contributed by atoms with E-state index in [4.69, 9.17) is 11.6 Å². The van der Waals surface area contributed by atoms with Gasteiger partial charge >= 0.3 is 0 Å². The second kappa shape index (κ2) is 4.87. The van der Waals surface area contributed by atoms with E-state index in [-0.39, 0.29) is 17.2 Å². The Kier molecular flexibility index (Phi) is 3.18. The van der Waals surface area contributed by atoms with Gasteiger partial charge in [-0.2, -0.15) is 0 Å². The molecule has 0 saturated carbocycles. The first-order valence-corrected chi connectivity index (χ1v) is 6.63. The summed E-state index contributed by atoms with van der Waals surface area (Å²) >= 11 is 5.88. The second-order valence-corrected chi connectivity index (χ2v) is 4.81. The average Bonchev–Trinajstić information content (AvgIpc) is 2.82. The Morgan fingerprint density at radius 1 is 1.15 bits per heavy atom. The predicted molar refractivity (Wildman–Crippen MR) is 75.3 cm³/mol. The highest BCUT2D eigenvalue weighted by molar-refractivity contribution is 6.17. The van der Waals surface area contributed by atoms with Gasteiger partial charge in [0.25, 0.3) is 0 Å². The maximum absolute atomic E-state index is 13.8. The minimum Gasteiger partial charge on any atom is -0.295 e. The summed E-state index contributed by atoms with van der Waals surface area (Å²) in [7, 11) is 0. The molecular formula is C15H11ClF2N2. The number of hydrogen-bond acceptors (Lipinski definition) is 1. The molecule has 0 aliphatic heterocycles. The van der Waals surface area contributed by atoms with Gasteiger partial charge in [-0.05, 0) is 36.8 Å². The van der Waals surface area contributed by atoms with Crippen LogP contribution in [0.1, 0.15) is 11.4 Å². The van der Waals surface area contributed by atoms with Crippen LogP contribution in [0, 0.1) is 18.6 Å². The summed E-state index contributed by atoms with van der Waals surface area (Å²) in [5, 5.41) is 0. The number of hydrogen-bond donors (Lipinski definition) is 0. The first-order chi connectivity index (χ1) is 9.61. The van der Waals surface area contributed by atoms with Gasteiger partial charge in [0.05, 0.1) is 17.1 Å². The molecule has 0 N–H and O–H groups in total. The van der Waals surface area contributed by atoms with Crippen molar-refractivity contribution in [1.82, 2.24) is 9.55 Å². The van der Waals surface area contributed by atoms with Crippen molar-refractivity contribution >= 4 is 22.6 Å². The van der Waals surface area contributed by atoms with Crippen molar-refractivity contribution in [2.45, 2.75) is 12.8 Å². The Bertz CT molecular complexity index is 796. The summed E-state index contributed by atoms with van der Waals surface area (Å²) in [4.78, 5) is 4.19. The van der Waals surface area contributed by atoms with E-state index in [2.05, 4.69) is 4.98 Å². The normalized spacial score (nSPS) is 11.2. The van der Waals surface area contributed by atoms with Gasteiger partial charge in [0.1, 0.15) is 17.2 Å². The molecule has 0 atom stereocenters. The molecule has 0 saturated heterocycles. The topological polar surface area (TPSA) is 17.8 Å². The SMILES string of the molecule is Cc1ccc(-n2c(CCl)nc3c(F)cccc32)cc1F. The molecule has 102 valence electrons. The van der Waals surface area contributed by atoms with Gasteiger partial charge in [-0.15, -0.1) is 11.6 Å². The third-order valence-corrected chi connectivity index (χ3v) is 3.48. The van der Waals surface area contributed by atoms with Crippen LogP contribution in [0.15, 0.2) is 36.4 Å². The van der Waals surface area contributed by atoms with Crippen molar-refractivity contribution in [2.24, 2.45) is 0 Å². The Morgan fingerprint density at radius 3 is 2.65 bits per heavy atom. The Morgan fingerprint density at radius 2 is 1.95 bits per heavy atom. The number of aryl methyl sites for hydroxylation is 1. The Balaban J connectivity index is 2.34. The van der Waals surface area contributed by atoms with Crippen LogP contribution in [-0.2, 0) is 5.88 Å². The van der Waals surface area contributed by atoms with E-state index in [0.29, 0.717) is 22.6 Å². The quantitative estimate of drug-likeness (QED) is 0.642. The van der Waals surface area contributed by atoms with E-state index in [1.165, 1.54) is 12.1 Å². The Hall–Kier alpha value is -1.94. The minimum absolute atomic E-state index is 0.115. The van der Waals surface area contributed by atoms with Gasteiger partial charge in [-0.1, -0.05) is 12.1 Å². The predicted octanol–water partition coefficient (Wildman–Crippen LogP) is 4.35. The molecule has 0 aliphatic rings. The van der Waals surface area contributed by atoms with Crippen molar-refractivity contribution in [3.63, 3.8) is 0 Å². The maximum atomic E-state index is 13.8. The van der Waals surface area contributed by atoms with Crippen molar-refractivity contribution in [2.75, 3.05) is 0 Å². The highest BCUT2D eigenvalue weighted by Gasteiger charge is 2.15. The highest BCUT2D eigenvalue weighted by Crippen LogP contribution is 2.25. The smallest absolute Gasteiger partial charge is 0.151 e. The highest BCUT2D eigenvalue weighted by atomic mass is 35.5. The summed E-state index contributed by atoms with van der Waals surface area (Å²) in [5.74, 6) is -0.139. The van der Waals surface area contributed by atoms with Gasteiger partial charge < -0.3 is 0 Å². The lowest BCUT2D eigenvalue weighted by Gasteiger charge is -2.08. The van der Waals surface area contributed by atoms with E-state index >= 15 is 0 Å².